The number of nitrogens with two attached hydrogens (primary N) is 2. The zero-order valence-corrected chi connectivity index (χ0v) is 5.03. The van der Waals surface area contributed by atoms with Gasteiger partial charge in [-0.05, 0) is 6.92 Å². The van der Waals surface area contributed by atoms with Crippen molar-refractivity contribution in [2.24, 2.45) is 0 Å². The molecule has 0 rings (SSSR count). The van der Waals surface area contributed by atoms with Crippen LogP contribution in [0.3, 0.4) is 0 Å². The zero-order valence-electron chi connectivity index (χ0n) is 3.85. The Kier molecular flexibility index (Phi) is 68.5. The Morgan fingerprint density at radius 2 is 1.43 bits per heavy atom. The molecular weight excluding hydrogens is 139 g/mol. The van der Waals surface area contributed by atoms with Crippen LogP contribution in [0.15, 0.2) is 0 Å². The molecule has 0 saturated carbocycles. The van der Waals surface area contributed by atoms with Gasteiger partial charge in [-0.2, -0.15) is 0 Å². The maximum Gasteiger partial charge on any atom is 3.00 e. The molecule has 7 heavy (non-hydrogen) atoms. The maximum atomic E-state index is 8.89. The quantitative estimate of drug-likeness (QED) is 0.454. The predicted molar refractivity (Wildman–Crippen MR) is 21.2 cm³/mol. The van der Waals surface area contributed by atoms with Crippen molar-refractivity contribution in [1.82, 2.24) is 0 Å². The van der Waals surface area contributed by atoms with Crippen LogP contribution in [0, 0.1) is 0 Å². The number of hydrogen-bond acceptors (Lipinski definition) is 2. The normalized spacial score (nSPS) is 3.57. The second-order valence-electron chi connectivity index (χ2n) is 0.492. The summed E-state index contributed by atoms with van der Waals surface area (Å²) in [4.78, 5) is 8.89. The monoisotopic (exact) mass is 146 g/mol. The van der Waals surface area contributed by atoms with Gasteiger partial charge in [-0.1, -0.05) is 0 Å². The summed E-state index contributed by atoms with van der Waals surface area (Å²) in [6.07, 6.45) is 0. The fraction of sp³-hybridized carbons (Fsp3) is 0.500. The number of carboxylic acids is 1. The third kappa shape index (κ3) is 11000. The van der Waals surface area contributed by atoms with E-state index in [4.69, 9.17) is 9.90 Å². The standard InChI is InChI=1S/C2H4O2.Mn.2H2N/c1-2(3)4;;;/h1H3,(H,3,4);;2*1H2/q;+3;2*-1/p-1. The van der Waals surface area contributed by atoms with Crippen molar-refractivity contribution in [2.45, 2.75) is 6.92 Å². The van der Waals surface area contributed by atoms with E-state index in [1.165, 1.54) is 0 Å². The van der Waals surface area contributed by atoms with Crippen LogP contribution < -0.4 is 5.11 Å². The minimum absolute atomic E-state index is 0. The van der Waals surface area contributed by atoms with Gasteiger partial charge in [-0.25, -0.2) is 0 Å². The summed E-state index contributed by atoms with van der Waals surface area (Å²) in [5.74, 6) is -1.08. The first kappa shape index (κ1) is 28.5. The summed E-state index contributed by atoms with van der Waals surface area (Å²) in [5.41, 5.74) is 0. The minimum Gasteiger partial charge on any atom is -0.693 e. The molecule has 0 radical (unpaired) electrons. The second-order valence-corrected chi connectivity index (χ2v) is 0.492. The number of carbonyl (C=O) groups is 1. The van der Waals surface area contributed by atoms with Crippen molar-refractivity contribution in [3.05, 3.63) is 12.3 Å². The number of aliphatic carboxylic acids is 1. The van der Waals surface area contributed by atoms with Crippen molar-refractivity contribution in [3.8, 4) is 0 Å². The molecule has 5 heteroatoms. The van der Waals surface area contributed by atoms with E-state index in [-0.39, 0.29) is 29.4 Å². The topological polar surface area (TPSA) is 107 Å². The molecule has 4 N–H and O–H groups in total. The molecule has 0 aromatic heterocycles. The first-order valence-corrected chi connectivity index (χ1v) is 0.908. The molecule has 0 bridgehead atoms. The Labute approximate surface area is 52.9 Å². The Morgan fingerprint density at radius 1 is 1.43 bits per heavy atom. The molecule has 0 fully saturated rings. The molecule has 0 aromatic carbocycles. The van der Waals surface area contributed by atoms with Gasteiger partial charge in [0.1, 0.15) is 0 Å². The van der Waals surface area contributed by atoms with Crippen molar-refractivity contribution in [3.63, 3.8) is 0 Å². The third-order valence-corrected chi connectivity index (χ3v) is 0. The summed E-state index contributed by atoms with van der Waals surface area (Å²) in [6.45, 7) is 0.972. The van der Waals surface area contributed by atoms with Gasteiger partial charge in [0.05, 0.1) is 0 Å². The molecule has 0 atom stereocenters. The second kappa shape index (κ2) is 16.8. The molecular formula is C2H7MnN2O2. The first-order chi connectivity index (χ1) is 1.73. The molecule has 0 aliphatic rings. The average Bonchev–Trinajstić information content (AvgIpc) is 0.811. The molecule has 44 valence electrons. The largest absolute Gasteiger partial charge is 3.00 e. The summed E-state index contributed by atoms with van der Waals surface area (Å²) < 4.78 is 0. The number of carbonyl (C=O) groups excluding carboxylic acids is 1. The van der Waals surface area contributed by atoms with Crippen molar-refractivity contribution in [1.29, 1.82) is 0 Å². The molecule has 0 unspecified atom stereocenters. The number of hydrogen-bond donors (Lipinski definition) is 0. The van der Waals surface area contributed by atoms with Crippen LogP contribution in [0.5, 0.6) is 0 Å². The van der Waals surface area contributed by atoms with Crippen LogP contribution >= 0.6 is 0 Å². The van der Waals surface area contributed by atoms with E-state index >= 15 is 0 Å². The Bertz CT molecular complexity index is 36.7. The van der Waals surface area contributed by atoms with Gasteiger partial charge in [-0.3, -0.25) is 0 Å². The number of carboxylic acid groups (broad SMARTS) is 1. The van der Waals surface area contributed by atoms with Crippen LogP contribution in [0.2, 0.25) is 0 Å². The van der Waals surface area contributed by atoms with Crippen molar-refractivity contribution in [2.75, 3.05) is 0 Å². The Hall–Kier alpha value is -0.0905. The van der Waals surface area contributed by atoms with Gasteiger partial charge in [0.25, 0.3) is 0 Å². The predicted octanol–water partition coefficient (Wildman–Crippen LogP) is 0.188. The fourth-order valence-corrected chi connectivity index (χ4v) is 0. The Morgan fingerprint density at radius 3 is 1.43 bits per heavy atom. The third-order valence-electron chi connectivity index (χ3n) is 0. The van der Waals surface area contributed by atoms with E-state index in [2.05, 4.69) is 0 Å². The van der Waals surface area contributed by atoms with Crippen LogP contribution in [-0.2, 0) is 21.9 Å². The maximum absolute atomic E-state index is 8.89. The summed E-state index contributed by atoms with van der Waals surface area (Å²) in [7, 11) is 0. The zero-order chi connectivity index (χ0) is 3.58. The molecule has 0 aliphatic carbocycles. The van der Waals surface area contributed by atoms with Gasteiger partial charge in [0, 0.05) is 5.97 Å². The van der Waals surface area contributed by atoms with Crippen LogP contribution in [0.1, 0.15) is 6.92 Å². The molecule has 4 nitrogen and oxygen atoms in total. The van der Waals surface area contributed by atoms with Gasteiger partial charge >= 0.3 is 17.1 Å². The fourth-order valence-electron chi connectivity index (χ4n) is 0. The van der Waals surface area contributed by atoms with E-state index in [0.717, 1.165) is 6.92 Å². The van der Waals surface area contributed by atoms with E-state index < -0.39 is 5.97 Å². The summed E-state index contributed by atoms with van der Waals surface area (Å²) >= 11 is 0. The molecule has 0 amide bonds. The van der Waals surface area contributed by atoms with Crippen LogP contribution in [0.25, 0.3) is 12.3 Å². The smallest absolute Gasteiger partial charge is 0.693 e. The van der Waals surface area contributed by atoms with Crippen molar-refractivity contribution < 1.29 is 27.0 Å². The molecule has 0 spiro atoms. The molecule has 0 heterocycles. The molecule has 0 aromatic rings. The van der Waals surface area contributed by atoms with E-state index in [1.807, 2.05) is 0 Å². The molecule has 0 saturated heterocycles. The van der Waals surface area contributed by atoms with Gasteiger partial charge in [0.2, 0.25) is 0 Å². The molecule has 0 aliphatic heterocycles. The first-order valence-electron chi connectivity index (χ1n) is 0.908. The summed E-state index contributed by atoms with van der Waals surface area (Å²) in [6, 6.07) is 0. The van der Waals surface area contributed by atoms with Crippen molar-refractivity contribution >= 4 is 5.97 Å². The summed E-state index contributed by atoms with van der Waals surface area (Å²) in [5, 5.41) is 8.89. The van der Waals surface area contributed by atoms with E-state index in [1.54, 1.807) is 0 Å². The van der Waals surface area contributed by atoms with Crippen LogP contribution in [0.4, 0.5) is 0 Å². The van der Waals surface area contributed by atoms with Crippen LogP contribution in [-0.4, -0.2) is 5.97 Å². The Balaban J connectivity index is -0.0000000150. The number of rotatable bonds is 0. The average molecular weight is 146 g/mol. The minimum atomic E-state index is -1.08. The van der Waals surface area contributed by atoms with Gasteiger partial charge < -0.3 is 22.2 Å². The van der Waals surface area contributed by atoms with Gasteiger partial charge in [-0.15, -0.1) is 0 Å². The SMILES string of the molecule is CC(=O)[O-].[Mn+3].[NH2-].[NH2-]. The van der Waals surface area contributed by atoms with E-state index in [0.29, 0.717) is 0 Å². The van der Waals surface area contributed by atoms with Gasteiger partial charge in [0.15, 0.2) is 0 Å². The van der Waals surface area contributed by atoms with E-state index in [9.17, 15) is 0 Å².